The van der Waals surface area contributed by atoms with Crippen molar-refractivity contribution in [3.8, 4) is 11.3 Å². The third kappa shape index (κ3) is 7.99. The number of aliphatic carboxylic acids is 1. The number of hydrogen-bond acceptors (Lipinski definition) is 7. The van der Waals surface area contributed by atoms with E-state index in [9.17, 15) is 23.1 Å². The van der Waals surface area contributed by atoms with Gasteiger partial charge in [-0.15, -0.1) is 0 Å². The van der Waals surface area contributed by atoms with Crippen molar-refractivity contribution in [2.75, 3.05) is 20.1 Å². The Morgan fingerprint density at radius 2 is 1.88 bits per heavy atom. The molecular formula is C29H35N4O7S-. The van der Waals surface area contributed by atoms with Gasteiger partial charge in [-0.2, -0.15) is 0 Å². The Kier molecular flexibility index (Phi) is 10.2. The van der Waals surface area contributed by atoms with Gasteiger partial charge in [-0.25, -0.2) is 9.29 Å². The van der Waals surface area contributed by atoms with E-state index < -0.39 is 17.2 Å². The highest BCUT2D eigenvalue weighted by Gasteiger charge is 2.31. The smallest absolute Gasteiger partial charge is 0.303 e. The molecule has 0 bridgehead atoms. The number of carbonyl (C=O) groups excluding carboxylic acids is 2. The molecule has 0 aliphatic heterocycles. The van der Waals surface area contributed by atoms with E-state index in [1.54, 1.807) is 7.05 Å². The highest BCUT2D eigenvalue weighted by Crippen LogP contribution is 2.44. The maximum Gasteiger partial charge on any atom is 0.303 e. The van der Waals surface area contributed by atoms with E-state index in [1.807, 2.05) is 37.3 Å². The predicted octanol–water partition coefficient (Wildman–Crippen LogP) is 3.79. The molecule has 0 spiro atoms. The number of pyridine rings is 1. The van der Waals surface area contributed by atoms with Gasteiger partial charge in [-0.3, -0.25) is 18.6 Å². The maximum absolute atomic E-state index is 13.0. The molecule has 1 aromatic carbocycles. The second-order valence-electron chi connectivity index (χ2n) is 10.3. The Morgan fingerprint density at radius 1 is 1.15 bits per heavy atom. The monoisotopic (exact) mass is 583 g/mol. The molecule has 2 aromatic heterocycles. The lowest BCUT2D eigenvalue weighted by Crippen LogP contribution is -2.28. The topological polar surface area (TPSA) is 165 Å². The van der Waals surface area contributed by atoms with Crippen LogP contribution in [0.5, 0.6) is 0 Å². The van der Waals surface area contributed by atoms with Crippen molar-refractivity contribution >= 4 is 40.1 Å². The van der Waals surface area contributed by atoms with Gasteiger partial charge in [-0.1, -0.05) is 29.8 Å². The van der Waals surface area contributed by atoms with Crippen LogP contribution < -0.4 is 10.6 Å². The normalized spacial score (nSPS) is 13.9. The minimum absolute atomic E-state index is 0.00832. The number of hydrogen-bond donors (Lipinski definition) is 3. The first-order valence-corrected chi connectivity index (χ1v) is 14.8. The summed E-state index contributed by atoms with van der Waals surface area (Å²) in [6, 6.07) is 9.58. The molecule has 1 atom stereocenters. The van der Waals surface area contributed by atoms with E-state index in [0.29, 0.717) is 48.2 Å². The quantitative estimate of drug-likeness (QED) is 0.180. The highest BCUT2D eigenvalue weighted by molar-refractivity contribution is 7.76. The number of carboxylic acids is 1. The lowest BCUT2D eigenvalue weighted by atomic mass is 10.0. The molecule has 3 N–H and O–H groups in total. The van der Waals surface area contributed by atoms with E-state index in [-0.39, 0.29) is 49.4 Å². The molecule has 0 saturated heterocycles. The Hall–Kier alpha value is -3.61. The van der Waals surface area contributed by atoms with Crippen LogP contribution in [-0.2, 0) is 27.4 Å². The second kappa shape index (κ2) is 13.8. The van der Waals surface area contributed by atoms with Crippen molar-refractivity contribution in [1.29, 1.82) is 0 Å². The zero-order chi connectivity index (χ0) is 29.5. The van der Waals surface area contributed by atoms with Gasteiger partial charge in [0.2, 0.25) is 11.6 Å². The number of fused-ring (bicyclic) bond motifs is 1. The number of aromatic nitrogens is 1. The first-order chi connectivity index (χ1) is 19.7. The fraction of sp³-hybridized carbons (Fsp3) is 0.448. The summed E-state index contributed by atoms with van der Waals surface area (Å²) in [6.07, 6.45) is 3.44. The molecule has 12 heteroatoms. The first-order valence-electron chi connectivity index (χ1n) is 13.8. The number of unbranched alkanes of at least 4 members (excludes halogenated alkanes) is 1. The molecule has 1 aliphatic carbocycles. The fourth-order valence-corrected chi connectivity index (χ4v) is 5.22. The van der Waals surface area contributed by atoms with Gasteiger partial charge in [0.15, 0.2) is 0 Å². The molecule has 1 saturated carbocycles. The van der Waals surface area contributed by atoms with E-state index in [0.717, 1.165) is 29.5 Å². The van der Waals surface area contributed by atoms with Crippen LogP contribution in [0.15, 0.2) is 34.7 Å². The van der Waals surface area contributed by atoms with Crippen molar-refractivity contribution in [3.63, 3.8) is 0 Å². The molecule has 1 unspecified atom stereocenters. The highest BCUT2D eigenvalue weighted by atomic mass is 32.2. The number of benzene rings is 1. The fourth-order valence-electron chi connectivity index (χ4n) is 4.71. The predicted molar refractivity (Wildman–Crippen MR) is 153 cm³/mol. The molecule has 4 rings (SSSR count). The molecule has 220 valence electrons. The van der Waals surface area contributed by atoms with Gasteiger partial charge in [0, 0.05) is 49.8 Å². The van der Waals surface area contributed by atoms with Crippen molar-refractivity contribution in [3.05, 3.63) is 52.7 Å². The molecule has 0 radical (unpaired) electrons. The molecule has 2 amide bonds. The number of aryl methyl sites for hydroxylation is 1. The number of carbonyl (C=O) groups is 3. The number of furan rings is 1. The van der Waals surface area contributed by atoms with Crippen molar-refractivity contribution < 1.29 is 32.7 Å². The minimum atomic E-state index is -2.51. The van der Waals surface area contributed by atoms with Crippen LogP contribution in [0.4, 0.5) is 0 Å². The van der Waals surface area contributed by atoms with Crippen LogP contribution in [0.1, 0.15) is 78.0 Å². The average Bonchev–Trinajstić information content (AvgIpc) is 3.72. The van der Waals surface area contributed by atoms with Crippen molar-refractivity contribution in [2.24, 2.45) is 0 Å². The molecule has 41 heavy (non-hydrogen) atoms. The average molecular weight is 584 g/mol. The van der Waals surface area contributed by atoms with Gasteiger partial charge in [0.1, 0.15) is 5.76 Å². The largest absolute Gasteiger partial charge is 0.760 e. The minimum Gasteiger partial charge on any atom is -0.760 e. The Labute approximate surface area is 241 Å². The van der Waals surface area contributed by atoms with Crippen molar-refractivity contribution in [1.82, 2.24) is 19.9 Å². The summed E-state index contributed by atoms with van der Waals surface area (Å²) in [4.78, 5) is 40.2. The zero-order valence-electron chi connectivity index (χ0n) is 23.2. The molecule has 2 heterocycles. The third-order valence-corrected chi connectivity index (χ3v) is 7.80. The van der Waals surface area contributed by atoms with Gasteiger partial charge >= 0.3 is 5.97 Å². The lowest BCUT2D eigenvalue weighted by molar-refractivity contribution is -0.137. The summed E-state index contributed by atoms with van der Waals surface area (Å²) in [5.41, 5.74) is 4.00. The first kappa shape index (κ1) is 30.4. The number of nitrogens with zero attached hydrogens (tertiary/aromatic N) is 2. The third-order valence-electron chi connectivity index (χ3n) is 7.07. The standard InChI is InChI=1S/C29H36N4O7S/c1-18-8-10-20(11-9-18)27-26(28(37)30-2)22-16-21(19-12-13-19)23(32-29(22)40-27)17-33(41(38)39)15-4-3-6-24(34)31-14-5-7-25(35)36/h8-11,16,19H,3-7,12-15,17H2,1-2H3,(H,30,37)(H,31,34)(H,35,36)(H,38,39)/p-1. The Bertz CT molecular complexity index is 1430. The van der Waals surface area contributed by atoms with Gasteiger partial charge < -0.3 is 24.7 Å². The lowest BCUT2D eigenvalue weighted by Gasteiger charge is -2.24. The van der Waals surface area contributed by atoms with Crippen LogP contribution in [0.2, 0.25) is 0 Å². The van der Waals surface area contributed by atoms with Crippen LogP contribution in [0, 0.1) is 6.92 Å². The van der Waals surface area contributed by atoms with Gasteiger partial charge in [-0.05, 0) is 56.6 Å². The van der Waals surface area contributed by atoms with Gasteiger partial charge in [0.05, 0.1) is 23.2 Å². The maximum atomic E-state index is 13.0. The van der Waals surface area contributed by atoms with Crippen molar-refractivity contribution in [2.45, 2.75) is 64.3 Å². The SMILES string of the molecule is CNC(=O)c1c(-c2ccc(C)cc2)oc2nc(CN(CCCCC(=O)NCCCC(=O)O)S(=O)[O-])c(C3CC3)cc12. The van der Waals surface area contributed by atoms with Crippen LogP contribution >= 0.6 is 0 Å². The summed E-state index contributed by atoms with van der Waals surface area (Å²) in [6.45, 7) is 2.53. The van der Waals surface area contributed by atoms with Crippen LogP contribution in [0.25, 0.3) is 22.4 Å². The summed E-state index contributed by atoms with van der Waals surface area (Å²) < 4.78 is 31.7. The van der Waals surface area contributed by atoms with Crippen LogP contribution in [0.3, 0.4) is 0 Å². The molecule has 1 fully saturated rings. The summed E-state index contributed by atoms with van der Waals surface area (Å²) >= 11 is -2.51. The van der Waals surface area contributed by atoms with Crippen LogP contribution in [-0.4, -0.2) is 61.1 Å². The molecular weight excluding hydrogens is 548 g/mol. The van der Waals surface area contributed by atoms with E-state index in [2.05, 4.69) is 10.6 Å². The van der Waals surface area contributed by atoms with E-state index in [4.69, 9.17) is 14.5 Å². The summed E-state index contributed by atoms with van der Waals surface area (Å²) in [7, 11) is 1.56. The number of nitrogens with one attached hydrogen (secondary N) is 2. The summed E-state index contributed by atoms with van der Waals surface area (Å²) in [5.74, 6) is -0.736. The number of amides is 2. The van der Waals surface area contributed by atoms with E-state index in [1.165, 1.54) is 4.31 Å². The van der Waals surface area contributed by atoms with Gasteiger partial charge in [0.25, 0.3) is 5.91 Å². The summed E-state index contributed by atoms with van der Waals surface area (Å²) in [5, 5.41) is 14.6. The number of carboxylic acid groups (broad SMARTS) is 1. The second-order valence-corrected chi connectivity index (χ2v) is 11.2. The molecule has 3 aromatic rings. The van der Waals surface area contributed by atoms with E-state index >= 15 is 0 Å². The Balaban J connectivity index is 1.51. The molecule has 1 aliphatic rings. The number of rotatable bonds is 15. The molecule has 11 nitrogen and oxygen atoms in total. The Morgan fingerprint density at radius 3 is 2.51 bits per heavy atom. The zero-order valence-corrected chi connectivity index (χ0v) is 24.1.